The van der Waals surface area contributed by atoms with Gasteiger partial charge in [0.2, 0.25) is 5.95 Å². The Morgan fingerprint density at radius 2 is 2.15 bits per heavy atom. The average molecular weight is 395 g/mol. The molecule has 0 aliphatic heterocycles. The van der Waals surface area contributed by atoms with E-state index in [2.05, 4.69) is 15.0 Å². The normalized spacial score (nSPS) is 24.4. The zero-order chi connectivity index (χ0) is 19.3. The van der Waals surface area contributed by atoms with Crippen LogP contribution >= 0.6 is 7.60 Å². The summed E-state index contributed by atoms with van der Waals surface area (Å²) >= 11 is 0. The van der Waals surface area contributed by atoms with Gasteiger partial charge in [0.15, 0.2) is 11.2 Å². The molecule has 2 aromatic heterocycles. The number of fused-ring (bicyclic) bond motifs is 1. The number of nitrogens with one attached hydrogen (secondary N) is 1. The average Bonchev–Trinajstić information content (AvgIpc) is 3.08. The van der Waals surface area contributed by atoms with E-state index in [4.69, 9.17) is 15.5 Å². The monoisotopic (exact) mass is 395 g/mol. The number of nitrogens with zero attached hydrogens (tertiary/aromatic N) is 3. The minimum atomic E-state index is -4.61. The molecule has 2 atom stereocenters. The van der Waals surface area contributed by atoms with E-state index in [1.165, 1.54) is 10.9 Å². The quantitative estimate of drug-likeness (QED) is 0.574. The molecule has 3 rings (SSSR count). The Morgan fingerprint density at radius 3 is 2.77 bits per heavy atom. The molecule has 144 valence electrons. The van der Waals surface area contributed by atoms with Gasteiger partial charge in [-0.2, -0.15) is 18.2 Å². The zero-order valence-corrected chi connectivity index (χ0v) is 14.3. The number of aromatic nitrogens is 4. The van der Waals surface area contributed by atoms with Gasteiger partial charge in [-0.1, -0.05) is 0 Å². The SMILES string of the molecule is Nc1nc2c(ncn2[C@H]2CC[C@](CCP(=O)(O)O)(C(F)(F)F)C2)c(=O)[nH]1. The van der Waals surface area contributed by atoms with E-state index in [9.17, 15) is 22.5 Å². The van der Waals surface area contributed by atoms with Crippen LogP contribution in [0.2, 0.25) is 0 Å². The van der Waals surface area contributed by atoms with E-state index >= 15 is 0 Å². The summed E-state index contributed by atoms with van der Waals surface area (Å²) in [5, 5.41) is 0. The molecule has 5 N–H and O–H groups in total. The molecule has 1 aliphatic rings. The van der Waals surface area contributed by atoms with Crippen molar-refractivity contribution < 1.29 is 27.5 Å². The molecule has 0 unspecified atom stereocenters. The largest absolute Gasteiger partial charge is 0.394 e. The van der Waals surface area contributed by atoms with Crippen LogP contribution in [0.25, 0.3) is 11.2 Å². The maximum absolute atomic E-state index is 13.7. The minimum Gasteiger partial charge on any atom is -0.369 e. The lowest BCUT2D eigenvalue weighted by molar-refractivity contribution is -0.224. The summed E-state index contributed by atoms with van der Waals surface area (Å²) in [6.07, 6.45) is -5.42. The van der Waals surface area contributed by atoms with Crippen molar-refractivity contribution in [3.05, 3.63) is 16.7 Å². The Labute approximate surface area is 144 Å². The molecule has 0 bridgehead atoms. The van der Waals surface area contributed by atoms with Crippen molar-refractivity contribution >= 4 is 24.7 Å². The highest BCUT2D eigenvalue weighted by Gasteiger charge is 2.58. The number of nitrogen functional groups attached to an aromatic ring is 1. The zero-order valence-electron chi connectivity index (χ0n) is 13.4. The summed E-state index contributed by atoms with van der Waals surface area (Å²) < 4.78 is 53.5. The number of hydrogen-bond donors (Lipinski definition) is 4. The summed E-state index contributed by atoms with van der Waals surface area (Å²) in [6, 6.07) is -0.660. The van der Waals surface area contributed by atoms with Gasteiger partial charge in [0.1, 0.15) is 0 Å². The number of halogens is 3. The molecular weight excluding hydrogens is 378 g/mol. The first-order valence-electron chi connectivity index (χ1n) is 7.75. The van der Waals surface area contributed by atoms with Gasteiger partial charge in [0.05, 0.1) is 17.9 Å². The second kappa shape index (κ2) is 6.07. The van der Waals surface area contributed by atoms with Crippen LogP contribution in [0.4, 0.5) is 19.1 Å². The Balaban J connectivity index is 1.95. The van der Waals surface area contributed by atoms with Gasteiger partial charge in [-0.3, -0.25) is 14.3 Å². The molecule has 0 saturated heterocycles. The second-order valence-electron chi connectivity index (χ2n) is 6.59. The number of rotatable bonds is 4. The third-order valence-electron chi connectivity index (χ3n) is 4.91. The fourth-order valence-electron chi connectivity index (χ4n) is 3.53. The number of hydrogen-bond acceptors (Lipinski definition) is 5. The summed E-state index contributed by atoms with van der Waals surface area (Å²) in [6.45, 7) is 0. The first-order chi connectivity index (χ1) is 11.9. The summed E-state index contributed by atoms with van der Waals surface area (Å²) in [4.78, 5) is 39.9. The van der Waals surface area contributed by atoms with Crippen LogP contribution in [0.5, 0.6) is 0 Å². The Hall–Kier alpha value is -1.91. The molecular formula is C13H17F3N5O4P. The lowest BCUT2D eigenvalue weighted by atomic mass is 9.82. The molecule has 26 heavy (non-hydrogen) atoms. The van der Waals surface area contributed by atoms with Crippen LogP contribution < -0.4 is 11.3 Å². The van der Waals surface area contributed by atoms with Gasteiger partial charge in [0, 0.05) is 6.04 Å². The van der Waals surface area contributed by atoms with E-state index in [-0.39, 0.29) is 36.4 Å². The molecule has 0 aromatic carbocycles. The molecule has 9 nitrogen and oxygen atoms in total. The van der Waals surface area contributed by atoms with Crippen LogP contribution in [0, 0.1) is 5.41 Å². The van der Waals surface area contributed by atoms with Gasteiger partial charge in [-0.05, 0) is 25.7 Å². The molecule has 1 aliphatic carbocycles. The van der Waals surface area contributed by atoms with Crippen LogP contribution in [-0.2, 0) is 4.57 Å². The maximum atomic E-state index is 13.7. The summed E-state index contributed by atoms with van der Waals surface area (Å²) in [5.41, 5.74) is 2.76. The van der Waals surface area contributed by atoms with Gasteiger partial charge >= 0.3 is 13.8 Å². The van der Waals surface area contributed by atoms with Crippen molar-refractivity contribution in [2.45, 2.75) is 37.9 Å². The molecule has 2 aromatic rings. The van der Waals surface area contributed by atoms with E-state index in [1.54, 1.807) is 0 Å². The van der Waals surface area contributed by atoms with E-state index in [0.717, 1.165) is 0 Å². The van der Waals surface area contributed by atoms with Gasteiger partial charge in [-0.25, -0.2) is 4.98 Å². The number of imidazole rings is 1. The maximum Gasteiger partial charge on any atom is 0.394 e. The predicted molar refractivity (Wildman–Crippen MR) is 85.5 cm³/mol. The lowest BCUT2D eigenvalue weighted by Crippen LogP contribution is -2.36. The molecule has 0 radical (unpaired) electrons. The number of nitrogens with two attached hydrogens (primary N) is 1. The van der Waals surface area contributed by atoms with Crippen molar-refractivity contribution in [3.63, 3.8) is 0 Å². The van der Waals surface area contributed by atoms with E-state index in [1.807, 2.05) is 0 Å². The smallest absolute Gasteiger partial charge is 0.369 e. The topological polar surface area (TPSA) is 147 Å². The fraction of sp³-hybridized carbons (Fsp3) is 0.615. The fourth-order valence-corrected chi connectivity index (χ4v) is 4.25. The van der Waals surface area contributed by atoms with Crippen LogP contribution in [0.1, 0.15) is 31.7 Å². The van der Waals surface area contributed by atoms with Crippen LogP contribution in [0.3, 0.4) is 0 Å². The van der Waals surface area contributed by atoms with E-state index < -0.39 is 43.4 Å². The lowest BCUT2D eigenvalue weighted by Gasteiger charge is -2.32. The molecule has 2 heterocycles. The van der Waals surface area contributed by atoms with Crippen molar-refractivity contribution in [2.24, 2.45) is 5.41 Å². The standard InChI is InChI=1S/C13H17F3N5O4P/c14-13(15,16)12(3-4-26(23,24)25)2-1-7(5-12)21-6-18-8-9(21)19-11(17)20-10(8)22/h6-7H,1-5H2,(H2,23,24,25)(H3,17,19,20,22)/t7-,12+/m0/s1. The van der Waals surface area contributed by atoms with Gasteiger partial charge in [0.25, 0.3) is 5.56 Å². The van der Waals surface area contributed by atoms with E-state index in [0.29, 0.717) is 0 Å². The highest BCUT2D eigenvalue weighted by atomic mass is 31.2. The third kappa shape index (κ3) is 3.36. The van der Waals surface area contributed by atoms with Crippen LogP contribution in [0.15, 0.2) is 11.1 Å². The minimum absolute atomic E-state index is 0.0288. The van der Waals surface area contributed by atoms with Crippen molar-refractivity contribution in [3.8, 4) is 0 Å². The Bertz CT molecular complexity index is 936. The first-order valence-corrected chi connectivity index (χ1v) is 9.55. The summed E-state index contributed by atoms with van der Waals surface area (Å²) in [7, 11) is -4.56. The molecule has 1 saturated carbocycles. The highest BCUT2D eigenvalue weighted by molar-refractivity contribution is 7.51. The number of alkyl halides is 3. The Morgan fingerprint density at radius 1 is 1.46 bits per heavy atom. The molecule has 1 fully saturated rings. The van der Waals surface area contributed by atoms with Crippen molar-refractivity contribution in [2.75, 3.05) is 11.9 Å². The number of H-pyrrole nitrogens is 1. The Kier molecular flexibility index (Phi) is 4.40. The third-order valence-corrected chi connectivity index (χ3v) is 5.72. The predicted octanol–water partition coefficient (Wildman–Crippen LogP) is 1.54. The number of aromatic amines is 1. The van der Waals surface area contributed by atoms with Crippen molar-refractivity contribution in [1.29, 1.82) is 0 Å². The summed E-state index contributed by atoms with van der Waals surface area (Å²) in [5.74, 6) is -0.175. The molecule has 0 amide bonds. The van der Waals surface area contributed by atoms with Crippen molar-refractivity contribution in [1.82, 2.24) is 19.5 Å². The van der Waals surface area contributed by atoms with Gasteiger partial charge in [-0.15, -0.1) is 0 Å². The van der Waals surface area contributed by atoms with Crippen LogP contribution in [-0.4, -0.2) is 41.6 Å². The highest BCUT2D eigenvalue weighted by Crippen LogP contribution is 2.58. The van der Waals surface area contributed by atoms with Gasteiger partial charge < -0.3 is 20.1 Å². The molecule has 13 heteroatoms. The molecule has 0 spiro atoms. The number of anilines is 1. The second-order valence-corrected chi connectivity index (χ2v) is 8.36. The first kappa shape index (κ1) is 18.9.